The standard InChI is InChI=1S/C23H26FNO2/c24-23(21(26)19-14-8-3-9-15-19)20(18-12-6-2-7-13-18)25(22(23)27)16-17-10-4-1-5-11-17/h1-2,4-7,10-13,19-21,26H,3,8-9,14-16H2/t20-,21?,23-/m1/s1. The van der Waals surface area contributed by atoms with Gasteiger partial charge in [0.25, 0.3) is 5.91 Å². The number of likely N-dealkylation sites (tertiary alicyclic amines) is 1. The summed E-state index contributed by atoms with van der Waals surface area (Å²) in [7, 11) is 0. The predicted molar refractivity (Wildman–Crippen MR) is 103 cm³/mol. The summed E-state index contributed by atoms with van der Waals surface area (Å²) in [5, 5.41) is 10.9. The Hall–Kier alpha value is -2.20. The molecule has 2 aromatic rings. The van der Waals surface area contributed by atoms with Crippen LogP contribution in [0.3, 0.4) is 0 Å². The van der Waals surface area contributed by atoms with Gasteiger partial charge in [-0.25, -0.2) is 4.39 Å². The molecule has 2 fully saturated rings. The predicted octanol–water partition coefficient (Wildman–Crippen LogP) is 4.42. The minimum absolute atomic E-state index is 0.141. The summed E-state index contributed by atoms with van der Waals surface area (Å²) in [5.74, 6) is -0.726. The van der Waals surface area contributed by atoms with Crippen LogP contribution in [-0.4, -0.2) is 27.7 Å². The summed E-state index contributed by atoms with van der Waals surface area (Å²) in [6.07, 6.45) is 3.45. The maximum Gasteiger partial charge on any atom is 0.266 e. The molecular weight excluding hydrogens is 341 g/mol. The van der Waals surface area contributed by atoms with Gasteiger partial charge in [-0.3, -0.25) is 4.79 Å². The number of alkyl halides is 1. The SMILES string of the molecule is O=C1N(Cc2ccccc2)[C@H](c2ccccc2)[C@@]1(F)C(O)C1CCCCC1. The molecule has 1 heterocycles. The zero-order chi connectivity index (χ0) is 18.9. The molecular formula is C23H26FNO2. The Morgan fingerprint density at radius 3 is 2.22 bits per heavy atom. The van der Waals surface area contributed by atoms with Crippen molar-refractivity contribution in [3.05, 3.63) is 71.8 Å². The molecule has 1 amide bonds. The van der Waals surface area contributed by atoms with E-state index in [4.69, 9.17) is 0 Å². The molecule has 1 saturated heterocycles. The number of aliphatic hydroxyl groups is 1. The van der Waals surface area contributed by atoms with Crippen LogP contribution in [0.25, 0.3) is 0 Å². The largest absolute Gasteiger partial charge is 0.389 e. The van der Waals surface area contributed by atoms with Gasteiger partial charge in [0.1, 0.15) is 12.1 Å². The number of carbonyl (C=O) groups is 1. The number of benzene rings is 2. The molecule has 1 aliphatic heterocycles. The Labute approximate surface area is 159 Å². The number of aliphatic hydroxyl groups excluding tert-OH is 1. The minimum atomic E-state index is -2.24. The third kappa shape index (κ3) is 3.16. The highest BCUT2D eigenvalue weighted by Gasteiger charge is 2.67. The highest BCUT2D eigenvalue weighted by Crippen LogP contribution is 2.51. The van der Waals surface area contributed by atoms with E-state index >= 15 is 4.39 Å². The highest BCUT2D eigenvalue weighted by molar-refractivity contribution is 5.94. The van der Waals surface area contributed by atoms with Crippen molar-refractivity contribution in [2.24, 2.45) is 5.92 Å². The van der Waals surface area contributed by atoms with Gasteiger partial charge < -0.3 is 10.0 Å². The van der Waals surface area contributed by atoms with E-state index in [9.17, 15) is 9.90 Å². The number of amides is 1. The molecule has 3 atom stereocenters. The van der Waals surface area contributed by atoms with Crippen molar-refractivity contribution in [3.63, 3.8) is 0 Å². The lowest BCUT2D eigenvalue weighted by Gasteiger charge is -2.54. The van der Waals surface area contributed by atoms with Gasteiger partial charge in [-0.05, 0) is 29.9 Å². The Kier molecular flexibility index (Phi) is 5.00. The Balaban J connectivity index is 1.65. The Morgan fingerprint density at radius 2 is 1.59 bits per heavy atom. The lowest BCUT2D eigenvalue weighted by molar-refractivity contribution is -0.203. The number of nitrogens with zero attached hydrogens (tertiary/aromatic N) is 1. The summed E-state index contributed by atoms with van der Waals surface area (Å²) in [4.78, 5) is 14.5. The van der Waals surface area contributed by atoms with E-state index in [-0.39, 0.29) is 5.92 Å². The van der Waals surface area contributed by atoms with Crippen LogP contribution in [0.2, 0.25) is 0 Å². The number of β-lactam (4-membered cyclic amide) rings is 1. The number of carbonyl (C=O) groups excluding carboxylic acids is 1. The third-order valence-corrected chi connectivity index (χ3v) is 6.14. The minimum Gasteiger partial charge on any atom is -0.389 e. The molecule has 4 heteroatoms. The van der Waals surface area contributed by atoms with Crippen molar-refractivity contribution in [2.75, 3.05) is 0 Å². The first kappa shape index (κ1) is 18.2. The van der Waals surface area contributed by atoms with Gasteiger partial charge in [-0.1, -0.05) is 79.9 Å². The summed E-state index contributed by atoms with van der Waals surface area (Å²) < 4.78 is 16.1. The van der Waals surface area contributed by atoms with Crippen molar-refractivity contribution < 1.29 is 14.3 Å². The van der Waals surface area contributed by atoms with E-state index in [0.29, 0.717) is 6.54 Å². The topological polar surface area (TPSA) is 40.5 Å². The molecule has 2 aliphatic rings. The first-order valence-corrected chi connectivity index (χ1v) is 9.89. The van der Waals surface area contributed by atoms with Gasteiger partial charge in [-0.2, -0.15) is 0 Å². The van der Waals surface area contributed by atoms with Crippen LogP contribution in [0.15, 0.2) is 60.7 Å². The van der Waals surface area contributed by atoms with Crippen molar-refractivity contribution in [1.82, 2.24) is 4.90 Å². The van der Waals surface area contributed by atoms with E-state index in [1.165, 1.54) is 0 Å². The van der Waals surface area contributed by atoms with Gasteiger partial charge >= 0.3 is 0 Å². The van der Waals surface area contributed by atoms with E-state index in [1.54, 1.807) is 4.90 Å². The molecule has 1 unspecified atom stereocenters. The molecule has 142 valence electrons. The van der Waals surface area contributed by atoms with Gasteiger partial charge in [0, 0.05) is 6.54 Å². The van der Waals surface area contributed by atoms with Crippen LogP contribution in [0.1, 0.15) is 49.3 Å². The molecule has 3 nitrogen and oxygen atoms in total. The first-order valence-electron chi connectivity index (χ1n) is 9.89. The molecule has 0 bridgehead atoms. The van der Waals surface area contributed by atoms with Gasteiger partial charge in [0.15, 0.2) is 0 Å². The molecule has 2 aromatic carbocycles. The number of halogens is 1. The summed E-state index contributed by atoms with van der Waals surface area (Å²) in [6, 6.07) is 18.1. The molecule has 1 N–H and O–H groups in total. The molecule has 0 radical (unpaired) electrons. The zero-order valence-corrected chi connectivity index (χ0v) is 15.4. The van der Waals surface area contributed by atoms with E-state index < -0.39 is 23.7 Å². The fourth-order valence-corrected chi connectivity index (χ4v) is 4.70. The molecule has 1 saturated carbocycles. The lowest BCUT2D eigenvalue weighted by Crippen LogP contribution is -2.71. The van der Waals surface area contributed by atoms with Crippen molar-refractivity contribution in [1.29, 1.82) is 0 Å². The van der Waals surface area contributed by atoms with Gasteiger partial charge in [0.05, 0.1) is 0 Å². The third-order valence-electron chi connectivity index (χ3n) is 6.14. The van der Waals surface area contributed by atoms with Crippen LogP contribution in [0.5, 0.6) is 0 Å². The summed E-state index contributed by atoms with van der Waals surface area (Å²) in [6.45, 7) is 0.349. The molecule has 0 aromatic heterocycles. The maximum absolute atomic E-state index is 16.1. The quantitative estimate of drug-likeness (QED) is 0.795. The second kappa shape index (κ2) is 7.43. The average molecular weight is 367 g/mol. The number of rotatable bonds is 5. The molecule has 1 aliphatic carbocycles. The second-order valence-electron chi connectivity index (χ2n) is 7.84. The van der Waals surface area contributed by atoms with E-state index in [1.807, 2.05) is 60.7 Å². The van der Waals surface area contributed by atoms with Crippen LogP contribution >= 0.6 is 0 Å². The Morgan fingerprint density at radius 1 is 1.00 bits per heavy atom. The van der Waals surface area contributed by atoms with Crippen LogP contribution in [0.4, 0.5) is 4.39 Å². The van der Waals surface area contributed by atoms with Crippen LogP contribution in [-0.2, 0) is 11.3 Å². The second-order valence-corrected chi connectivity index (χ2v) is 7.84. The molecule has 27 heavy (non-hydrogen) atoms. The van der Waals surface area contributed by atoms with E-state index in [2.05, 4.69) is 0 Å². The van der Waals surface area contributed by atoms with Crippen molar-refractivity contribution in [3.8, 4) is 0 Å². The van der Waals surface area contributed by atoms with Gasteiger partial charge in [0.2, 0.25) is 5.67 Å². The summed E-state index contributed by atoms with van der Waals surface area (Å²) >= 11 is 0. The lowest BCUT2D eigenvalue weighted by atomic mass is 9.69. The average Bonchev–Trinajstić information content (AvgIpc) is 2.74. The van der Waals surface area contributed by atoms with Gasteiger partial charge in [-0.15, -0.1) is 0 Å². The molecule has 0 spiro atoms. The first-order chi connectivity index (χ1) is 13.1. The molecule has 4 rings (SSSR count). The van der Waals surface area contributed by atoms with E-state index in [0.717, 1.165) is 43.2 Å². The highest BCUT2D eigenvalue weighted by atomic mass is 19.1. The van der Waals surface area contributed by atoms with Crippen molar-refractivity contribution >= 4 is 5.91 Å². The van der Waals surface area contributed by atoms with Crippen LogP contribution in [0, 0.1) is 5.92 Å². The van der Waals surface area contributed by atoms with Crippen LogP contribution < -0.4 is 0 Å². The maximum atomic E-state index is 16.1. The summed E-state index contributed by atoms with van der Waals surface area (Å²) in [5.41, 5.74) is -0.538. The number of hydrogen-bond donors (Lipinski definition) is 1. The Bertz CT molecular complexity index is 775. The zero-order valence-electron chi connectivity index (χ0n) is 15.4. The number of hydrogen-bond acceptors (Lipinski definition) is 2. The van der Waals surface area contributed by atoms with Crippen molar-refractivity contribution in [2.45, 2.75) is 56.5 Å². The normalized spacial score (nSPS) is 27.3. The fourth-order valence-electron chi connectivity index (χ4n) is 4.70. The fraction of sp³-hybridized carbons (Fsp3) is 0.435. The smallest absolute Gasteiger partial charge is 0.266 e. The monoisotopic (exact) mass is 367 g/mol.